The first-order valence-electron chi connectivity index (χ1n) is 8.81. The molecule has 0 amide bonds. The molecule has 0 saturated heterocycles. The van der Waals surface area contributed by atoms with E-state index in [1.165, 1.54) is 36.9 Å². The number of aryl methyl sites for hydroxylation is 1. The van der Waals surface area contributed by atoms with Crippen molar-refractivity contribution in [1.82, 2.24) is 10.2 Å². The molecule has 1 fully saturated rings. The third kappa shape index (κ3) is 5.44. The minimum atomic E-state index is 0.467. The summed E-state index contributed by atoms with van der Waals surface area (Å²) in [6, 6.07) is 9.67. The Balaban J connectivity index is 2.00. The van der Waals surface area contributed by atoms with E-state index in [-0.39, 0.29) is 0 Å². The lowest BCUT2D eigenvalue weighted by Gasteiger charge is -2.28. The molecule has 1 aromatic carbocycles. The number of benzene rings is 1. The summed E-state index contributed by atoms with van der Waals surface area (Å²) in [5.74, 6) is 0.972. The van der Waals surface area contributed by atoms with E-state index < -0.39 is 0 Å². The maximum absolute atomic E-state index is 3.74. The summed E-state index contributed by atoms with van der Waals surface area (Å²) in [4.78, 5) is 2.62. The molecule has 1 saturated carbocycles. The van der Waals surface area contributed by atoms with Crippen LogP contribution < -0.4 is 5.32 Å². The van der Waals surface area contributed by atoms with Crippen molar-refractivity contribution in [2.24, 2.45) is 5.92 Å². The SMILES string of the molecule is CCCNC(CN(CC)CC1CC1)c1ccc(CC)cc1. The molecule has 1 atom stereocenters. The minimum absolute atomic E-state index is 0.467. The van der Waals surface area contributed by atoms with Crippen LogP contribution in [-0.2, 0) is 6.42 Å². The van der Waals surface area contributed by atoms with Gasteiger partial charge in [-0.2, -0.15) is 0 Å². The Hall–Kier alpha value is -0.860. The first-order chi connectivity index (χ1) is 10.3. The van der Waals surface area contributed by atoms with E-state index in [1.54, 1.807) is 0 Å². The van der Waals surface area contributed by atoms with Crippen molar-refractivity contribution in [2.45, 2.75) is 52.5 Å². The third-order valence-electron chi connectivity index (χ3n) is 4.53. The summed E-state index contributed by atoms with van der Waals surface area (Å²) in [6.07, 6.45) is 5.19. The van der Waals surface area contributed by atoms with Gasteiger partial charge in [-0.1, -0.05) is 45.0 Å². The van der Waals surface area contributed by atoms with Gasteiger partial charge in [-0.25, -0.2) is 0 Å². The van der Waals surface area contributed by atoms with Crippen LogP contribution in [0.15, 0.2) is 24.3 Å². The Morgan fingerprint density at radius 3 is 2.38 bits per heavy atom. The average molecular weight is 288 g/mol. The van der Waals surface area contributed by atoms with Crippen LogP contribution in [0.25, 0.3) is 0 Å². The molecule has 1 aliphatic rings. The maximum Gasteiger partial charge on any atom is 0.0449 e. The fourth-order valence-electron chi connectivity index (χ4n) is 2.85. The number of hydrogen-bond donors (Lipinski definition) is 1. The summed E-state index contributed by atoms with van der Waals surface area (Å²) in [5, 5.41) is 3.74. The first-order valence-corrected chi connectivity index (χ1v) is 8.81. The fourth-order valence-corrected chi connectivity index (χ4v) is 2.85. The molecule has 0 heterocycles. The van der Waals surface area contributed by atoms with Crippen LogP contribution in [0.3, 0.4) is 0 Å². The first kappa shape index (κ1) is 16.5. The van der Waals surface area contributed by atoms with Crippen molar-refractivity contribution in [1.29, 1.82) is 0 Å². The van der Waals surface area contributed by atoms with Crippen LogP contribution in [-0.4, -0.2) is 31.1 Å². The lowest BCUT2D eigenvalue weighted by atomic mass is 10.0. The Morgan fingerprint density at radius 1 is 1.14 bits per heavy atom. The van der Waals surface area contributed by atoms with Gasteiger partial charge in [-0.05, 0) is 55.8 Å². The number of rotatable bonds is 10. The monoisotopic (exact) mass is 288 g/mol. The van der Waals surface area contributed by atoms with Gasteiger partial charge in [-0.3, -0.25) is 0 Å². The van der Waals surface area contributed by atoms with E-state index in [1.807, 2.05) is 0 Å². The molecular weight excluding hydrogens is 256 g/mol. The van der Waals surface area contributed by atoms with Crippen LogP contribution in [0.2, 0.25) is 0 Å². The smallest absolute Gasteiger partial charge is 0.0449 e. The van der Waals surface area contributed by atoms with Crippen LogP contribution in [0, 0.1) is 5.92 Å². The molecule has 1 N–H and O–H groups in total. The molecule has 21 heavy (non-hydrogen) atoms. The zero-order valence-electron chi connectivity index (χ0n) is 14.1. The Kier molecular flexibility index (Phi) is 6.72. The van der Waals surface area contributed by atoms with Gasteiger partial charge in [0.25, 0.3) is 0 Å². The summed E-state index contributed by atoms with van der Waals surface area (Å²) in [7, 11) is 0. The molecular formula is C19H32N2. The average Bonchev–Trinajstić information content (AvgIpc) is 3.34. The van der Waals surface area contributed by atoms with E-state index in [4.69, 9.17) is 0 Å². The highest BCUT2D eigenvalue weighted by Crippen LogP contribution is 2.30. The van der Waals surface area contributed by atoms with E-state index in [2.05, 4.69) is 55.3 Å². The van der Waals surface area contributed by atoms with Crippen molar-refractivity contribution in [3.63, 3.8) is 0 Å². The number of hydrogen-bond acceptors (Lipinski definition) is 2. The third-order valence-corrected chi connectivity index (χ3v) is 4.53. The highest BCUT2D eigenvalue weighted by Gasteiger charge is 2.25. The second kappa shape index (κ2) is 8.55. The van der Waals surface area contributed by atoms with Gasteiger partial charge in [-0.15, -0.1) is 0 Å². The number of nitrogens with zero attached hydrogens (tertiary/aromatic N) is 1. The van der Waals surface area contributed by atoms with Crippen LogP contribution in [0.4, 0.5) is 0 Å². The number of likely N-dealkylation sites (N-methyl/N-ethyl adjacent to an activating group) is 1. The topological polar surface area (TPSA) is 15.3 Å². The van der Waals surface area contributed by atoms with Crippen molar-refractivity contribution in [2.75, 3.05) is 26.2 Å². The summed E-state index contributed by atoms with van der Waals surface area (Å²) < 4.78 is 0. The second-order valence-corrected chi connectivity index (χ2v) is 6.40. The molecule has 0 aromatic heterocycles. The van der Waals surface area contributed by atoms with Crippen molar-refractivity contribution < 1.29 is 0 Å². The van der Waals surface area contributed by atoms with E-state index in [0.29, 0.717) is 6.04 Å². The zero-order valence-corrected chi connectivity index (χ0v) is 14.1. The number of nitrogens with one attached hydrogen (secondary N) is 1. The Labute approximate surface area is 130 Å². The van der Waals surface area contributed by atoms with Gasteiger partial charge in [0.05, 0.1) is 0 Å². The summed E-state index contributed by atoms with van der Waals surface area (Å²) in [5.41, 5.74) is 2.87. The predicted octanol–water partition coefficient (Wildman–Crippen LogP) is 4.02. The van der Waals surface area contributed by atoms with Gasteiger partial charge < -0.3 is 10.2 Å². The van der Waals surface area contributed by atoms with Gasteiger partial charge in [0.2, 0.25) is 0 Å². The molecule has 2 rings (SSSR count). The van der Waals surface area contributed by atoms with Gasteiger partial charge in [0.15, 0.2) is 0 Å². The largest absolute Gasteiger partial charge is 0.309 e. The molecule has 1 aliphatic carbocycles. The second-order valence-electron chi connectivity index (χ2n) is 6.40. The van der Waals surface area contributed by atoms with Gasteiger partial charge >= 0.3 is 0 Å². The molecule has 118 valence electrons. The minimum Gasteiger partial charge on any atom is -0.309 e. The lowest BCUT2D eigenvalue weighted by molar-refractivity contribution is 0.244. The fraction of sp³-hybridized carbons (Fsp3) is 0.684. The molecule has 0 spiro atoms. The quantitative estimate of drug-likeness (QED) is 0.699. The predicted molar refractivity (Wildman–Crippen MR) is 91.7 cm³/mol. The Bertz CT molecular complexity index is 395. The van der Waals surface area contributed by atoms with E-state index >= 15 is 0 Å². The van der Waals surface area contributed by atoms with Gasteiger partial charge in [0.1, 0.15) is 0 Å². The van der Waals surface area contributed by atoms with Crippen molar-refractivity contribution in [3.05, 3.63) is 35.4 Å². The zero-order chi connectivity index (χ0) is 15.1. The van der Waals surface area contributed by atoms with Gasteiger partial charge in [0, 0.05) is 19.1 Å². The van der Waals surface area contributed by atoms with Crippen molar-refractivity contribution >= 4 is 0 Å². The van der Waals surface area contributed by atoms with Crippen LogP contribution in [0.5, 0.6) is 0 Å². The highest BCUT2D eigenvalue weighted by atomic mass is 15.1. The molecule has 2 nitrogen and oxygen atoms in total. The summed E-state index contributed by atoms with van der Waals surface area (Å²) in [6.45, 7) is 11.4. The van der Waals surface area contributed by atoms with Crippen LogP contribution in [0.1, 0.15) is 57.2 Å². The van der Waals surface area contributed by atoms with E-state index in [0.717, 1.165) is 32.0 Å². The normalized spacial score (nSPS) is 16.4. The van der Waals surface area contributed by atoms with E-state index in [9.17, 15) is 0 Å². The molecule has 0 aliphatic heterocycles. The van der Waals surface area contributed by atoms with Crippen LogP contribution >= 0.6 is 0 Å². The maximum atomic E-state index is 3.74. The molecule has 2 heteroatoms. The highest BCUT2D eigenvalue weighted by molar-refractivity contribution is 5.25. The molecule has 0 bridgehead atoms. The standard InChI is InChI=1S/C19H32N2/c1-4-13-20-19(15-21(6-3)14-17-7-8-17)18-11-9-16(5-2)10-12-18/h9-12,17,19-20H,4-8,13-15H2,1-3H3. The molecule has 1 unspecified atom stereocenters. The lowest BCUT2D eigenvalue weighted by Crippen LogP contribution is -2.36. The van der Waals surface area contributed by atoms with Crippen molar-refractivity contribution in [3.8, 4) is 0 Å². The summed E-state index contributed by atoms with van der Waals surface area (Å²) >= 11 is 0. The Morgan fingerprint density at radius 2 is 1.86 bits per heavy atom. The molecule has 0 radical (unpaired) electrons. The molecule has 1 aromatic rings.